The van der Waals surface area contributed by atoms with Crippen LogP contribution in [0.4, 0.5) is 17.1 Å². The topological polar surface area (TPSA) is 38.0 Å². The minimum atomic E-state index is 0.573. The summed E-state index contributed by atoms with van der Waals surface area (Å²) in [7, 11) is 0. The van der Waals surface area contributed by atoms with Crippen LogP contribution in [0.15, 0.2) is 41.3 Å². The van der Waals surface area contributed by atoms with Gasteiger partial charge in [-0.15, -0.1) is 11.8 Å². The molecule has 0 heterocycles. The van der Waals surface area contributed by atoms with Crippen LogP contribution in [-0.2, 0) is 0 Å². The molecule has 0 unspecified atom stereocenters. The van der Waals surface area contributed by atoms with Crippen LogP contribution >= 0.6 is 23.4 Å². The van der Waals surface area contributed by atoms with Gasteiger partial charge in [-0.2, -0.15) is 0 Å². The molecule has 2 aromatic rings. The number of anilines is 3. The Morgan fingerprint density at radius 1 is 1.22 bits per heavy atom. The molecule has 0 atom stereocenters. The van der Waals surface area contributed by atoms with E-state index < -0.39 is 0 Å². The Hall–Kier alpha value is -1.32. The van der Waals surface area contributed by atoms with Gasteiger partial charge in [-0.05, 0) is 49.1 Å². The van der Waals surface area contributed by atoms with Gasteiger partial charge < -0.3 is 11.1 Å². The van der Waals surface area contributed by atoms with E-state index in [0.717, 1.165) is 16.9 Å². The van der Waals surface area contributed by atoms with Gasteiger partial charge >= 0.3 is 0 Å². The normalized spacial score (nSPS) is 10.4. The molecule has 0 aromatic heterocycles. The molecule has 0 fully saturated rings. The quantitative estimate of drug-likeness (QED) is 0.631. The summed E-state index contributed by atoms with van der Waals surface area (Å²) in [5.41, 5.74) is 9.48. The third kappa shape index (κ3) is 2.92. The van der Waals surface area contributed by atoms with Crippen molar-refractivity contribution in [1.82, 2.24) is 0 Å². The van der Waals surface area contributed by atoms with E-state index in [-0.39, 0.29) is 0 Å². The molecule has 0 spiro atoms. The number of nitrogen functional groups attached to an aromatic ring is 1. The standard InChI is InChI=1S/C14H15ClN2S/c1-9-6-13(16)12(15)8-14(9)17-10-4-3-5-11(7-10)18-2/h3-8,17H,16H2,1-2H3. The predicted molar refractivity (Wildman–Crippen MR) is 82.1 cm³/mol. The Bertz CT molecular complexity index is 570. The summed E-state index contributed by atoms with van der Waals surface area (Å²) in [4.78, 5) is 1.22. The van der Waals surface area contributed by atoms with E-state index in [1.54, 1.807) is 11.8 Å². The highest BCUT2D eigenvalue weighted by atomic mass is 35.5. The van der Waals surface area contributed by atoms with E-state index >= 15 is 0 Å². The smallest absolute Gasteiger partial charge is 0.0656 e. The highest BCUT2D eigenvalue weighted by Gasteiger charge is 2.04. The fraction of sp³-hybridized carbons (Fsp3) is 0.143. The Morgan fingerprint density at radius 3 is 2.72 bits per heavy atom. The first-order valence-corrected chi connectivity index (χ1v) is 7.17. The van der Waals surface area contributed by atoms with Crippen LogP contribution < -0.4 is 11.1 Å². The van der Waals surface area contributed by atoms with Gasteiger partial charge in [0, 0.05) is 16.3 Å². The molecule has 4 heteroatoms. The number of aryl methyl sites for hydroxylation is 1. The average molecular weight is 279 g/mol. The van der Waals surface area contributed by atoms with Crippen molar-refractivity contribution >= 4 is 40.4 Å². The molecule has 3 N–H and O–H groups in total. The fourth-order valence-electron chi connectivity index (χ4n) is 1.69. The number of benzene rings is 2. The lowest BCUT2D eigenvalue weighted by atomic mass is 10.1. The molecule has 0 bridgehead atoms. The van der Waals surface area contributed by atoms with Crippen LogP contribution in [0.25, 0.3) is 0 Å². The van der Waals surface area contributed by atoms with Gasteiger partial charge in [-0.1, -0.05) is 17.7 Å². The summed E-state index contributed by atoms with van der Waals surface area (Å²) < 4.78 is 0. The predicted octanol–water partition coefficient (Wildman–Crippen LogP) is 4.70. The Kier molecular flexibility index (Phi) is 4.04. The zero-order chi connectivity index (χ0) is 13.1. The molecular weight excluding hydrogens is 264 g/mol. The molecule has 0 aliphatic heterocycles. The van der Waals surface area contributed by atoms with Gasteiger partial charge in [0.1, 0.15) is 0 Å². The lowest BCUT2D eigenvalue weighted by Gasteiger charge is -2.12. The zero-order valence-corrected chi connectivity index (χ0v) is 11.9. The van der Waals surface area contributed by atoms with E-state index in [1.165, 1.54) is 4.90 Å². The van der Waals surface area contributed by atoms with Crippen molar-refractivity contribution in [2.24, 2.45) is 0 Å². The van der Waals surface area contributed by atoms with E-state index in [9.17, 15) is 0 Å². The van der Waals surface area contributed by atoms with Crippen LogP contribution in [0, 0.1) is 6.92 Å². The van der Waals surface area contributed by atoms with Crippen molar-refractivity contribution in [3.8, 4) is 0 Å². The van der Waals surface area contributed by atoms with Gasteiger partial charge in [-0.3, -0.25) is 0 Å². The summed E-state index contributed by atoms with van der Waals surface area (Å²) in [6.45, 7) is 2.01. The highest BCUT2D eigenvalue weighted by molar-refractivity contribution is 7.98. The summed E-state index contributed by atoms with van der Waals surface area (Å²) >= 11 is 7.76. The van der Waals surface area contributed by atoms with Crippen molar-refractivity contribution in [2.45, 2.75) is 11.8 Å². The summed E-state index contributed by atoms with van der Waals surface area (Å²) in [5.74, 6) is 0. The molecule has 0 radical (unpaired) electrons. The first-order chi connectivity index (χ1) is 8.60. The molecule has 2 aromatic carbocycles. The fourth-order valence-corrected chi connectivity index (χ4v) is 2.32. The second-order valence-electron chi connectivity index (χ2n) is 4.05. The SMILES string of the molecule is CSc1cccc(Nc2cc(Cl)c(N)cc2C)c1. The van der Waals surface area contributed by atoms with E-state index in [2.05, 4.69) is 23.7 Å². The molecule has 0 aliphatic carbocycles. The molecule has 0 saturated heterocycles. The minimum Gasteiger partial charge on any atom is -0.398 e. The van der Waals surface area contributed by atoms with Crippen LogP contribution in [-0.4, -0.2) is 6.26 Å². The molecule has 2 nitrogen and oxygen atoms in total. The third-order valence-electron chi connectivity index (χ3n) is 2.69. The van der Waals surface area contributed by atoms with Crippen molar-refractivity contribution in [2.75, 3.05) is 17.3 Å². The zero-order valence-electron chi connectivity index (χ0n) is 10.3. The second-order valence-corrected chi connectivity index (χ2v) is 5.33. The Morgan fingerprint density at radius 2 is 2.00 bits per heavy atom. The number of hydrogen-bond donors (Lipinski definition) is 2. The largest absolute Gasteiger partial charge is 0.398 e. The van der Waals surface area contributed by atoms with Crippen LogP contribution in [0.2, 0.25) is 5.02 Å². The van der Waals surface area contributed by atoms with Gasteiger partial charge in [0.25, 0.3) is 0 Å². The minimum absolute atomic E-state index is 0.573. The summed E-state index contributed by atoms with van der Waals surface area (Å²) in [5, 5.41) is 3.93. The van der Waals surface area contributed by atoms with Crippen LogP contribution in [0.5, 0.6) is 0 Å². The molecule has 0 saturated carbocycles. The monoisotopic (exact) mass is 278 g/mol. The maximum absolute atomic E-state index is 6.04. The van der Waals surface area contributed by atoms with Gasteiger partial charge in [0.15, 0.2) is 0 Å². The third-order valence-corrected chi connectivity index (χ3v) is 3.75. The Balaban J connectivity index is 2.30. The highest BCUT2D eigenvalue weighted by Crippen LogP contribution is 2.29. The van der Waals surface area contributed by atoms with Crippen molar-refractivity contribution in [1.29, 1.82) is 0 Å². The molecule has 2 rings (SSSR count). The van der Waals surface area contributed by atoms with Crippen LogP contribution in [0.1, 0.15) is 5.56 Å². The number of nitrogens with two attached hydrogens (primary N) is 1. The summed E-state index contributed by atoms with van der Waals surface area (Å²) in [6, 6.07) is 12.0. The van der Waals surface area contributed by atoms with E-state index in [0.29, 0.717) is 10.7 Å². The number of thioether (sulfide) groups is 1. The second kappa shape index (κ2) is 5.55. The average Bonchev–Trinajstić information content (AvgIpc) is 2.36. The van der Waals surface area contributed by atoms with Gasteiger partial charge in [0.2, 0.25) is 0 Å². The van der Waals surface area contributed by atoms with Crippen molar-refractivity contribution in [3.05, 3.63) is 47.0 Å². The summed E-state index contributed by atoms with van der Waals surface area (Å²) in [6.07, 6.45) is 2.06. The van der Waals surface area contributed by atoms with Crippen molar-refractivity contribution in [3.63, 3.8) is 0 Å². The molecule has 0 aliphatic rings. The van der Waals surface area contributed by atoms with Gasteiger partial charge in [0.05, 0.1) is 10.7 Å². The number of nitrogens with one attached hydrogen (secondary N) is 1. The van der Waals surface area contributed by atoms with Crippen molar-refractivity contribution < 1.29 is 0 Å². The van der Waals surface area contributed by atoms with Crippen LogP contribution in [0.3, 0.4) is 0 Å². The maximum atomic E-state index is 6.04. The van der Waals surface area contributed by atoms with Gasteiger partial charge in [-0.25, -0.2) is 0 Å². The first-order valence-electron chi connectivity index (χ1n) is 5.57. The number of halogens is 1. The first kappa shape index (κ1) is 13.1. The maximum Gasteiger partial charge on any atom is 0.0656 e. The van der Waals surface area contributed by atoms with E-state index in [4.69, 9.17) is 17.3 Å². The Labute approximate surface area is 117 Å². The lowest BCUT2D eigenvalue weighted by molar-refractivity contribution is 1.40. The molecule has 18 heavy (non-hydrogen) atoms. The number of hydrogen-bond acceptors (Lipinski definition) is 3. The number of rotatable bonds is 3. The molecular formula is C14H15ClN2S. The lowest BCUT2D eigenvalue weighted by Crippen LogP contribution is -1.96. The molecule has 94 valence electrons. The van der Waals surface area contributed by atoms with E-state index in [1.807, 2.05) is 31.2 Å². The molecule has 0 amide bonds.